The summed E-state index contributed by atoms with van der Waals surface area (Å²) in [6.07, 6.45) is 6.72. The Bertz CT molecular complexity index is 1470. The summed E-state index contributed by atoms with van der Waals surface area (Å²) in [6.45, 7) is 7.71. The van der Waals surface area contributed by atoms with Gasteiger partial charge in [-0.2, -0.15) is 0 Å². The van der Waals surface area contributed by atoms with E-state index >= 15 is 0 Å². The van der Waals surface area contributed by atoms with Crippen molar-refractivity contribution in [3.8, 4) is 11.4 Å². The molecule has 0 aromatic carbocycles. The lowest BCUT2D eigenvalue weighted by Crippen LogP contribution is -2.44. The molecule has 1 saturated heterocycles. The summed E-state index contributed by atoms with van der Waals surface area (Å²) >= 11 is 0. The number of thiol groups is 1. The van der Waals surface area contributed by atoms with E-state index in [2.05, 4.69) is 58.4 Å². The summed E-state index contributed by atoms with van der Waals surface area (Å²) in [7, 11) is -0.690. The Morgan fingerprint density at radius 2 is 1.78 bits per heavy atom. The van der Waals surface area contributed by atoms with Gasteiger partial charge in [0.15, 0.2) is 0 Å². The largest absolute Gasteiger partial charge is 0.354 e. The predicted molar refractivity (Wildman–Crippen MR) is 140 cm³/mol. The number of likely N-dealkylation sites (N-methyl/N-ethyl adjacent to an activating group) is 1. The van der Waals surface area contributed by atoms with Gasteiger partial charge in [0, 0.05) is 61.4 Å². The van der Waals surface area contributed by atoms with Gasteiger partial charge in [-0.3, -0.25) is 14.7 Å². The minimum atomic E-state index is -2.82. The van der Waals surface area contributed by atoms with E-state index in [4.69, 9.17) is 0 Å². The van der Waals surface area contributed by atoms with E-state index in [0.29, 0.717) is 28.4 Å². The third-order valence-corrected chi connectivity index (χ3v) is 6.36. The number of hydrogen-bond acceptors (Lipinski definition) is 10. The van der Waals surface area contributed by atoms with Crippen LogP contribution in [-0.4, -0.2) is 71.5 Å². The van der Waals surface area contributed by atoms with E-state index in [9.17, 15) is 8.42 Å². The Kier molecular flexibility index (Phi) is 6.69. The first-order valence-electron chi connectivity index (χ1n) is 11.3. The molecule has 0 spiro atoms. The van der Waals surface area contributed by atoms with E-state index in [-0.39, 0.29) is 5.70 Å². The van der Waals surface area contributed by atoms with Crippen molar-refractivity contribution in [1.29, 1.82) is 0 Å². The van der Waals surface area contributed by atoms with Crippen LogP contribution in [0, 0.1) is 0 Å². The van der Waals surface area contributed by atoms with Gasteiger partial charge in [0.1, 0.15) is 17.0 Å². The maximum Gasteiger partial charge on any atom is 0.227 e. The lowest BCUT2D eigenvalue weighted by molar-refractivity contribution is 0.312. The topological polar surface area (TPSA) is 129 Å². The van der Waals surface area contributed by atoms with Crippen molar-refractivity contribution in [2.24, 2.45) is 0 Å². The van der Waals surface area contributed by atoms with Crippen molar-refractivity contribution in [2.75, 3.05) is 43.4 Å². The zero-order valence-electron chi connectivity index (χ0n) is 19.6. The molecule has 184 valence electrons. The summed E-state index contributed by atoms with van der Waals surface area (Å²) in [6, 6.07) is 9.16. The molecule has 2 N–H and O–H groups in total. The molecule has 36 heavy (non-hydrogen) atoms. The van der Waals surface area contributed by atoms with Crippen molar-refractivity contribution < 1.29 is 8.42 Å². The van der Waals surface area contributed by atoms with E-state index in [0.717, 1.165) is 43.1 Å². The lowest BCUT2D eigenvalue weighted by atomic mass is 10.1. The molecular formula is C24H25N9O2S. The van der Waals surface area contributed by atoms with E-state index in [1.165, 1.54) is 0 Å². The van der Waals surface area contributed by atoms with Crippen LogP contribution in [0.3, 0.4) is 0 Å². The number of fused-ring (bicyclic) bond motifs is 1. The summed E-state index contributed by atoms with van der Waals surface area (Å²) in [5, 5.41) is 4.00. The van der Waals surface area contributed by atoms with E-state index in [1.54, 1.807) is 36.9 Å². The quantitative estimate of drug-likeness (QED) is 0.322. The Hall–Kier alpha value is -4.16. The lowest BCUT2D eigenvalue weighted by Gasteiger charge is -2.33. The molecule has 1 aliphatic heterocycles. The Morgan fingerprint density at radius 3 is 2.53 bits per heavy atom. The molecule has 12 heteroatoms. The van der Waals surface area contributed by atoms with Gasteiger partial charge in [-0.25, -0.2) is 23.4 Å². The van der Waals surface area contributed by atoms with Crippen LogP contribution in [0.2, 0.25) is 0 Å². The summed E-state index contributed by atoms with van der Waals surface area (Å²) in [4.78, 5) is 27.2. The number of aromatic nitrogens is 5. The molecule has 0 amide bonds. The third kappa shape index (κ3) is 5.24. The van der Waals surface area contributed by atoms with Crippen LogP contribution in [0.25, 0.3) is 28.0 Å². The third-order valence-electron chi connectivity index (χ3n) is 5.91. The van der Waals surface area contributed by atoms with Crippen LogP contribution in [0.5, 0.6) is 0 Å². The zero-order valence-corrected chi connectivity index (χ0v) is 20.5. The van der Waals surface area contributed by atoms with Crippen molar-refractivity contribution in [3.63, 3.8) is 0 Å². The fourth-order valence-electron chi connectivity index (χ4n) is 3.94. The normalized spacial score (nSPS) is 14.2. The Balaban J connectivity index is 1.40. The highest BCUT2D eigenvalue weighted by Crippen LogP contribution is 2.26. The number of pyridine rings is 3. The summed E-state index contributed by atoms with van der Waals surface area (Å²) < 4.78 is 24.3. The van der Waals surface area contributed by atoms with Gasteiger partial charge >= 0.3 is 0 Å². The molecular weight excluding hydrogens is 478 g/mol. The van der Waals surface area contributed by atoms with Gasteiger partial charge in [-0.1, -0.05) is 6.58 Å². The minimum Gasteiger partial charge on any atom is -0.354 e. The number of nitrogens with zero attached hydrogens (tertiary/aromatic N) is 7. The highest BCUT2D eigenvalue weighted by atomic mass is 32.2. The molecule has 1 aliphatic rings. The molecule has 4 aromatic rings. The van der Waals surface area contributed by atoms with Gasteiger partial charge in [0.25, 0.3) is 0 Å². The van der Waals surface area contributed by atoms with Crippen molar-refractivity contribution in [3.05, 3.63) is 67.3 Å². The van der Waals surface area contributed by atoms with Crippen LogP contribution < -0.4 is 14.9 Å². The first kappa shape index (κ1) is 23.6. The molecule has 0 aliphatic carbocycles. The first-order chi connectivity index (χ1) is 17.5. The molecule has 0 bridgehead atoms. The highest BCUT2D eigenvalue weighted by molar-refractivity contribution is 7.70. The van der Waals surface area contributed by atoms with Crippen LogP contribution in [0.4, 0.5) is 17.5 Å². The molecule has 0 saturated carbocycles. The second-order valence-electron chi connectivity index (χ2n) is 8.39. The maximum absolute atomic E-state index is 11.0. The number of rotatable bonds is 7. The number of piperazine rings is 1. The molecule has 0 atom stereocenters. The smallest absolute Gasteiger partial charge is 0.227 e. The Morgan fingerprint density at radius 1 is 0.972 bits per heavy atom. The maximum atomic E-state index is 11.0. The predicted octanol–water partition coefficient (Wildman–Crippen LogP) is 2.06. The average Bonchev–Trinajstić information content (AvgIpc) is 2.89. The van der Waals surface area contributed by atoms with Crippen LogP contribution >= 0.6 is 0 Å². The van der Waals surface area contributed by atoms with Crippen LogP contribution in [-0.2, 0) is 10.9 Å². The number of nitrogens with one attached hydrogen (secondary N) is 2. The molecule has 5 heterocycles. The molecule has 4 aromatic heterocycles. The standard InChI is InChI=1S/C24H25N9O2S/c1-16(31-36(34)35)17-5-7-25-20(13-17)23-22-18(6-8-26-23)14-28-24(30-22)29-19-3-4-21(27-15-19)33-11-9-32(2)10-12-33/h3-8,13-15,36H,1,9-12H2,2H3,(H,28,29,30)(H,31,34,35). The zero-order chi connectivity index (χ0) is 25.1. The van der Waals surface area contributed by atoms with Crippen LogP contribution in [0.15, 0.2) is 61.7 Å². The van der Waals surface area contributed by atoms with Gasteiger partial charge in [-0.05, 0) is 37.4 Å². The molecule has 5 rings (SSSR count). The fraction of sp³-hybridized carbons (Fsp3) is 0.208. The van der Waals surface area contributed by atoms with Gasteiger partial charge in [-0.15, -0.1) is 0 Å². The number of hydrogen-bond donors (Lipinski definition) is 3. The van der Waals surface area contributed by atoms with E-state index < -0.39 is 10.9 Å². The van der Waals surface area contributed by atoms with Crippen molar-refractivity contribution in [1.82, 2.24) is 34.5 Å². The summed E-state index contributed by atoms with van der Waals surface area (Å²) in [5.74, 6) is 1.35. The average molecular weight is 504 g/mol. The molecule has 11 nitrogen and oxygen atoms in total. The first-order valence-corrected chi connectivity index (χ1v) is 12.5. The molecule has 0 radical (unpaired) electrons. The minimum absolute atomic E-state index is 0.250. The molecule has 1 fully saturated rings. The molecule has 0 unspecified atom stereocenters. The van der Waals surface area contributed by atoms with Crippen molar-refractivity contribution >= 4 is 44.9 Å². The second-order valence-corrected chi connectivity index (χ2v) is 9.13. The second kappa shape index (κ2) is 10.2. The summed E-state index contributed by atoms with van der Waals surface area (Å²) in [5.41, 5.74) is 3.28. The Labute approximate surface area is 210 Å². The van der Waals surface area contributed by atoms with Gasteiger partial charge in [0.05, 0.1) is 17.6 Å². The monoisotopic (exact) mass is 503 g/mol. The van der Waals surface area contributed by atoms with E-state index in [1.807, 2.05) is 18.2 Å². The highest BCUT2D eigenvalue weighted by Gasteiger charge is 2.15. The van der Waals surface area contributed by atoms with Crippen LogP contribution in [0.1, 0.15) is 5.56 Å². The fourth-order valence-corrected chi connectivity index (χ4v) is 4.29. The van der Waals surface area contributed by atoms with Crippen molar-refractivity contribution in [2.45, 2.75) is 0 Å². The number of anilines is 3. The van der Waals surface area contributed by atoms with Gasteiger partial charge < -0.3 is 15.1 Å². The SMILES string of the molecule is C=C(N[SH](=O)=O)c1ccnc(-c2nccc3cnc(Nc4ccc(N5CCN(C)CC5)nc4)nc23)c1. The van der Waals surface area contributed by atoms with Gasteiger partial charge in [0.2, 0.25) is 16.8 Å².